The van der Waals surface area contributed by atoms with Gasteiger partial charge in [-0.25, -0.2) is 0 Å². The van der Waals surface area contributed by atoms with Crippen LogP contribution in [0.5, 0.6) is 5.75 Å². The molecule has 130 valence electrons. The molecule has 2 aromatic rings. The fourth-order valence-electron chi connectivity index (χ4n) is 2.07. The molecule has 0 saturated carbocycles. The Kier molecular flexibility index (Phi) is 6.17. The highest BCUT2D eigenvalue weighted by atomic mass is 16.5. The van der Waals surface area contributed by atoms with Crippen molar-refractivity contribution in [2.24, 2.45) is 5.73 Å². The predicted molar refractivity (Wildman–Crippen MR) is 98.8 cm³/mol. The molecular formula is C19H21N3O3. The summed E-state index contributed by atoms with van der Waals surface area (Å²) in [5.74, 6) is -0.0850. The first kappa shape index (κ1) is 18.1. The van der Waals surface area contributed by atoms with E-state index in [1.165, 1.54) is 0 Å². The lowest BCUT2D eigenvalue weighted by Gasteiger charge is -2.11. The van der Waals surface area contributed by atoms with Crippen LogP contribution < -0.4 is 21.1 Å². The molecule has 0 unspecified atom stereocenters. The minimum Gasteiger partial charge on any atom is -0.489 e. The third-order valence-electron chi connectivity index (χ3n) is 3.26. The highest BCUT2D eigenvalue weighted by Gasteiger charge is 2.08. The quantitative estimate of drug-likeness (QED) is 0.645. The van der Waals surface area contributed by atoms with Gasteiger partial charge in [-0.3, -0.25) is 9.59 Å². The van der Waals surface area contributed by atoms with Crippen molar-refractivity contribution < 1.29 is 14.3 Å². The van der Waals surface area contributed by atoms with Gasteiger partial charge in [0.05, 0.1) is 12.1 Å². The molecule has 2 aromatic carbocycles. The molecule has 0 aliphatic rings. The van der Waals surface area contributed by atoms with Crippen molar-refractivity contribution >= 4 is 23.2 Å². The summed E-state index contributed by atoms with van der Waals surface area (Å²) in [4.78, 5) is 23.4. The molecule has 2 amide bonds. The third-order valence-corrected chi connectivity index (χ3v) is 3.26. The van der Waals surface area contributed by atoms with Gasteiger partial charge in [-0.2, -0.15) is 0 Å². The molecular weight excluding hydrogens is 318 g/mol. The summed E-state index contributed by atoms with van der Waals surface area (Å²) in [5.41, 5.74) is 7.75. The van der Waals surface area contributed by atoms with E-state index < -0.39 is 5.91 Å². The largest absolute Gasteiger partial charge is 0.489 e. The maximum atomic E-state index is 12.0. The molecule has 0 aliphatic carbocycles. The minimum absolute atomic E-state index is 0.0121. The number of nitrogens with two attached hydrogens (primary N) is 1. The van der Waals surface area contributed by atoms with Crippen LogP contribution in [0.2, 0.25) is 0 Å². The van der Waals surface area contributed by atoms with Crippen LogP contribution in [0.3, 0.4) is 0 Å². The number of carbonyl (C=O) groups excluding carboxylic acids is 2. The van der Waals surface area contributed by atoms with E-state index >= 15 is 0 Å². The number of hydrogen-bond donors (Lipinski definition) is 3. The van der Waals surface area contributed by atoms with Crippen LogP contribution in [0.1, 0.15) is 17.3 Å². The Bertz CT molecular complexity index is 770. The molecule has 0 spiro atoms. The smallest absolute Gasteiger partial charge is 0.250 e. The fraction of sp³-hybridized carbons (Fsp3) is 0.158. The monoisotopic (exact) mass is 339 g/mol. The van der Waals surface area contributed by atoms with Crippen molar-refractivity contribution in [2.45, 2.75) is 6.92 Å². The van der Waals surface area contributed by atoms with Crippen LogP contribution in [0, 0.1) is 0 Å². The van der Waals surface area contributed by atoms with E-state index in [9.17, 15) is 9.59 Å². The molecule has 0 bridgehead atoms. The Morgan fingerprint density at radius 1 is 1.12 bits per heavy atom. The van der Waals surface area contributed by atoms with Crippen LogP contribution in [0.15, 0.2) is 60.7 Å². The van der Waals surface area contributed by atoms with Crippen molar-refractivity contribution in [3.63, 3.8) is 0 Å². The number of amides is 2. The van der Waals surface area contributed by atoms with Gasteiger partial charge in [0.1, 0.15) is 12.4 Å². The molecule has 0 atom stereocenters. The first-order valence-electron chi connectivity index (χ1n) is 7.75. The summed E-state index contributed by atoms with van der Waals surface area (Å²) in [6, 6.07) is 13.8. The van der Waals surface area contributed by atoms with Crippen molar-refractivity contribution in [2.75, 3.05) is 23.8 Å². The summed E-state index contributed by atoms with van der Waals surface area (Å²) in [6.45, 7) is 6.12. The highest BCUT2D eigenvalue weighted by molar-refractivity contribution is 6.00. The summed E-state index contributed by atoms with van der Waals surface area (Å²) in [5, 5.41) is 5.67. The van der Waals surface area contributed by atoms with Gasteiger partial charge in [-0.05, 0) is 48.9 Å². The van der Waals surface area contributed by atoms with Gasteiger partial charge in [0, 0.05) is 11.4 Å². The zero-order chi connectivity index (χ0) is 18.2. The molecule has 0 saturated heterocycles. The maximum absolute atomic E-state index is 12.0. The van der Waals surface area contributed by atoms with Crippen molar-refractivity contribution in [1.29, 1.82) is 0 Å². The van der Waals surface area contributed by atoms with Gasteiger partial charge in [0.2, 0.25) is 5.91 Å². The van der Waals surface area contributed by atoms with E-state index in [1.54, 1.807) is 48.5 Å². The lowest BCUT2D eigenvalue weighted by atomic mass is 10.1. The molecule has 6 nitrogen and oxygen atoms in total. The van der Waals surface area contributed by atoms with E-state index in [1.807, 2.05) is 6.92 Å². The van der Waals surface area contributed by atoms with Crippen LogP contribution in [-0.4, -0.2) is 25.0 Å². The maximum Gasteiger partial charge on any atom is 0.250 e. The number of carbonyl (C=O) groups is 2. The van der Waals surface area contributed by atoms with Gasteiger partial charge in [-0.15, -0.1) is 0 Å². The zero-order valence-electron chi connectivity index (χ0n) is 14.0. The number of ether oxygens (including phenoxy) is 1. The molecule has 4 N–H and O–H groups in total. The first-order chi connectivity index (χ1) is 12.0. The third kappa shape index (κ3) is 5.69. The number of primary amides is 1. The van der Waals surface area contributed by atoms with Gasteiger partial charge in [-0.1, -0.05) is 18.7 Å². The van der Waals surface area contributed by atoms with Crippen LogP contribution >= 0.6 is 0 Å². The summed E-state index contributed by atoms with van der Waals surface area (Å²) in [6.07, 6.45) is 0. The van der Waals surface area contributed by atoms with E-state index in [0.717, 1.165) is 5.57 Å². The Morgan fingerprint density at radius 2 is 1.80 bits per heavy atom. The second kappa shape index (κ2) is 8.54. The van der Waals surface area contributed by atoms with Crippen LogP contribution in [0.4, 0.5) is 11.4 Å². The predicted octanol–water partition coefficient (Wildman–Crippen LogP) is 2.79. The molecule has 25 heavy (non-hydrogen) atoms. The van der Waals surface area contributed by atoms with E-state index in [0.29, 0.717) is 29.3 Å². The van der Waals surface area contributed by atoms with Crippen molar-refractivity contribution in [3.05, 3.63) is 66.2 Å². The molecule has 0 heterocycles. The molecule has 0 fully saturated rings. The standard InChI is InChI=1S/C19H21N3O3/c1-13(2)12-25-15-9-7-14(8-10-15)22-18(23)11-21-17-6-4-3-5-16(17)19(20)24/h3-10,21H,1,11-12H2,2H3,(H2,20,24)(H,22,23). The highest BCUT2D eigenvalue weighted by Crippen LogP contribution is 2.17. The average molecular weight is 339 g/mol. The topological polar surface area (TPSA) is 93.4 Å². The normalized spacial score (nSPS) is 9.96. The molecule has 0 aliphatic heterocycles. The number of nitrogens with one attached hydrogen (secondary N) is 2. The zero-order valence-corrected chi connectivity index (χ0v) is 14.0. The van der Waals surface area contributed by atoms with Gasteiger partial charge in [0.15, 0.2) is 0 Å². The lowest BCUT2D eigenvalue weighted by molar-refractivity contribution is -0.114. The van der Waals surface area contributed by atoms with E-state index in [2.05, 4.69) is 17.2 Å². The molecule has 0 aromatic heterocycles. The number of benzene rings is 2. The Balaban J connectivity index is 1.88. The fourth-order valence-corrected chi connectivity index (χ4v) is 2.07. The lowest BCUT2D eigenvalue weighted by Crippen LogP contribution is -2.23. The number of rotatable bonds is 8. The van der Waals surface area contributed by atoms with Gasteiger partial charge >= 0.3 is 0 Å². The average Bonchev–Trinajstić information content (AvgIpc) is 2.59. The van der Waals surface area contributed by atoms with Crippen molar-refractivity contribution in [3.8, 4) is 5.75 Å². The summed E-state index contributed by atoms with van der Waals surface area (Å²) >= 11 is 0. The van der Waals surface area contributed by atoms with E-state index in [-0.39, 0.29) is 12.5 Å². The van der Waals surface area contributed by atoms with Gasteiger partial charge in [0.25, 0.3) is 5.91 Å². The number of hydrogen-bond acceptors (Lipinski definition) is 4. The van der Waals surface area contributed by atoms with Gasteiger partial charge < -0.3 is 21.1 Å². The Labute approximate surface area is 146 Å². The molecule has 0 radical (unpaired) electrons. The second-order valence-electron chi connectivity index (χ2n) is 5.58. The molecule has 6 heteroatoms. The Hall–Kier alpha value is -3.28. The number of anilines is 2. The number of para-hydroxylation sites is 1. The van der Waals surface area contributed by atoms with Crippen LogP contribution in [-0.2, 0) is 4.79 Å². The van der Waals surface area contributed by atoms with E-state index in [4.69, 9.17) is 10.5 Å². The molecule has 2 rings (SSSR count). The second-order valence-corrected chi connectivity index (χ2v) is 5.58. The van der Waals surface area contributed by atoms with Crippen LogP contribution in [0.25, 0.3) is 0 Å². The minimum atomic E-state index is -0.547. The SMILES string of the molecule is C=C(C)COc1ccc(NC(=O)CNc2ccccc2C(N)=O)cc1. The summed E-state index contributed by atoms with van der Waals surface area (Å²) < 4.78 is 5.50. The Morgan fingerprint density at radius 3 is 2.44 bits per heavy atom. The first-order valence-corrected chi connectivity index (χ1v) is 7.75. The summed E-state index contributed by atoms with van der Waals surface area (Å²) in [7, 11) is 0. The van der Waals surface area contributed by atoms with Crippen molar-refractivity contribution in [1.82, 2.24) is 0 Å².